The van der Waals surface area contributed by atoms with Crippen molar-refractivity contribution in [3.05, 3.63) is 69.7 Å². The number of benzene rings is 2. The number of halogens is 2. The molecular formula is C14H11Cl2. The van der Waals surface area contributed by atoms with Crippen LogP contribution in [0.25, 0.3) is 0 Å². The fourth-order valence-electron chi connectivity index (χ4n) is 1.71. The minimum absolute atomic E-state index is 0.252. The minimum Gasteiger partial charge on any atom is -0.0836 e. The van der Waals surface area contributed by atoms with E-state index >= 15 is 0 Å². The molecule has 1 unspecified atom stereocenters. The lowest BCUT2D eigenvalue weighted by atomic mass is 9.93. The monoisotopic (exact) mass is 249 g/mol. The molecule has 0 aliphatic rings. The first-order chi connectivity index (χ1) is 7.68. The van der Waals surface area contributed by atoms with E-state index < -0.39 is 0 Å². The van der Waals surface area contributed by atoms with Crippen LogP contribution in [0.2, 0.25) is 10.0 Å². The molecule has 0 saturated heterocycles. The van der Waals surface area contributed by atoms with Gasteiger partial charge in [0.1, 0.15) is 0 Å². The Bertz CT molecular complexity index is 477. The van der Waals surface area contributed by atoms with Gasteiger partial charge in [-0.05, 0) is 17.2 Å². The van der Waals surface area contributed by atoms with Gasteiger partial charge in [-0.25, -0.2) is 0 Å². The lowest BCUT2D eigenvalue weighted by molar-refractivity contribution is 0.922. The van der Waals surface area contributed by atoms with E-state index in [-0.39, 0.29) is 5.92 Å². The van der Waals surface area contributed by atoms with Crippen LogP contribution in [0.15, 0.2) is 42.5 Å². The highest BCUT2D eigenvalue weighted by Crippen LogP contribution is 2.31. The second-order valence-electron chi connectivity index (χ2n) is 3.71. The van der Waals surface area contributed by atoms with E-state index in [1.165, 1.54) is 5.56 Å². The van der Waals surface area contributed by atoms with Crippen molar-refractivity contribution in [2.75, 3.05) is 0 Å². The molecule has 0 heterocycles. The molecule has 0 aliphatic carbocycles. The van der Waals surface area contributed by atoms with Crippen LogP contribution in [0.1, 0.15) is 24.0 Å². The lowest BCUT2D eigenvalue weighted by Gasteiger charge is -2.13. The Morgan fingerprint density at radius 2 is 1.69 bits per heavy atom. The lowest BCUT2D eigenvalue weighted by Crippen LogP contribution is -1.96. The van der Waals surface area contributed by atoms with Gasteiger partial charge < -0.3 is 0 Å². The first-order valence-corrected chi connectivity index (χ1v) is 5.86. The van der Waals surface area contributed by atoms with Crippen molar-refractivity contribution in [3.63, 3.8) is 0 Å². The van der Waals surface area contributed by atoms with E-state index in [0.717, 1.165) is 5.56 Å². The largest absolute Gasteiger partial charge is 0.0836 e. The molecule has 2 rings (SSSR count). The quantitative estimate of drug-likeness (QED) is 0.707. The van der Waals surface area contributed by atoms with Gasteiger partial charge in [0, 0.05) is 12.0 Å². The van der Waals surface area contributed by atoms with Gasteiger partial charge in [0.05, 0.1) is 10.0 Å². The third-order valence-corrected chi connectivity index (χ3v) is 3.19. The number of hydrogen-bond acceptors (Lipinski definition) is 0. The summed E-state index contributed by atoms with van der Waals surface area (Å²) >= 11 is 12.0. The highest BCUT2D eigenvalue weighted by Gasteiger charge is 2.11. The molecule has 0 aliphatic heterocycles. The molecule has 0 nitrogen and oxygen atoms in total. The third kappa shape index (κ3) is 2.40. The summed E-state index contributed by atoms with van der Waals surface area (Å²) < 4.78 is 0. The average molecular weight is 250 g/mol. The molecule has 2 heteroatoms. The SMILES string of the molecule is CC(c1ccccc1)c1ccc(Cl)[c]c1Cl. The molecule has 0 amide bonds. The summed E-state index contributed by atoms with van der Waals surface area (Å²) in [5, 5.41) is 1.15. The van der Waals surface area contributed by atoms with Crippen molar-refractivity contribution >= 4 is 23.2 Å². The van der Waals surface area contributed by atoms with Crippen molar-refractivity contribution < 1.29 is 0 Å². The summed E-state index contributed by atoms with van der Waals surface area (Å²) in [6.45, 7) is 2.12. The summed E-state index contributed by atoms with van der Waals surface area (Å²) in [5.74, 6) is 0.252. The van der Waals surface area contributed by atoms with E-state index in [1.54, 1.807) is 0 Å². The fraction of sp³-hybridized carbons (Fsp3) is 0.143. The van der Waals surface area contributed by atoms with E-state index in [4.69, 9.17) is 23.2 Å². The van der Waals surface area contributed by atoms with Crippen molar-refractivity contribution in [2.45, 2.75) is 12.8 Å². The van der Waals surface area contributed by atoms with Crippen LogP contribution in [0, 0.1) is 6.07 Å². The summed E-state index contributed by atoms with van der Waals surface area (Å²) in [6.07, 6.45) is 0. The molecule has 0 bridgehead atoms. The summed E-state index contributed by atoms with van der Waals surface area (Å²) in [5.41, 5.74) is 2.29. The van der Waals surface area contributed by atoms with E-state index in [2.05, 4.69) is 25.1 Å². The number of hydrogen-bond donors (Lipinski definition) is 0. The Kier molecular flexibility index (Phi) is 3.52. The molecule has 1 atom stereocenters. The maximum absolute atomic E-state index is 6.13. The Morgan fingerprint density at radius 1 is 1.00 bits per heavy atom. The average Bonchev–Trinajstić information content (AvgIpc) is 2.29. The van der Waals surface area contributed by atoms with Gasteiger partial charge in [0.2, 0.25) is 0 Å². The zero-order valence-corrected chi connectivity index (χ0v) is 10.4. The van der Waals surface area contributed by atoms with Crippen LogP contribution in [0.3, 0.4) is 0 Å². The topological polar surface area (TPSA) is 0 Å². The second kappa shape index (κ2) is 4.90. The van der Waals surface area contributed by atoms with Crippen LogP contribution in [-0.2, 0) is 0 Å². The molecule has 0 N–H and O–H groups in total. The molecule has 0 saturated carbocycles. The molecule has 0 aromatic heterocycles. The summed E-state index contributed by atoms with van der Waals surface area (Å²) in [6, 6.07) is 16.9. The summed E-state index contributed by atoms with van der Waals surface area (Å²) in [4.78, 5) is 0. The Balaban J connectivity index is 2.38. The van der Waals surface area contributed by atoms with Gasteiger partial charge in [0.25, 0.3) is 0 Å². The Morgan fingerprint density at radius 3 is 2.31 bits per heavy atom. The third-order valence-electron chi connectivity index (χ3n) is 2.66. The van der Waals surface area contributed by atoms with Gasteiger partial charge in [-0.15, -0.1) is 0 Å². The van der Waals surface area contributed by atoms with Gasteiger partial charge in [-0.3, -0.25) is 0 Å². The predicted molar refractivity (Wildman–Crippen MR) is 69.3 cm³/mol. The molecule has 16 heavy (non-hydrogen) atoms. The number of rotatable bonds is 2. The van der Waals surface area contributed by atoms with Crippen LogP contribution in [0.5, 0.6) is 0 Å². The molecule has 2 aromatic rings. The van der Waals surface area contributed by atoms with Crippen molar-refractivity contribution in [2.24, 2.45) is 0 Å². The highest BCUT2D eigenvalue weighted by molar-refractivity contribution is 6.34. The predicted octanol–water partition coefficient (Wildman–Crippen LogP) is 4.95. The first kappa shape index (κ1) is 11.5. The Hall–Kier alpha value is -0.980. The van der Waals surface area contributed by atoms with E-state index in [0.29, 0.717) is 10.0 Å². The normalized spacial score (nSPS) is 12.4. The molecule has 1 radical (unpaired) electrons. The molecule has 0 spiro atoms. The van der Waals surface area contributed by atoms with Crippen LogP contribution in [0.4, 0.5) is 0 Å². The van der Waals surface area contributed by atoms with Gasteiger partial charge >= 0.3 is 0 Å². The van der Waals surface area contributed by atoms with E-state index in [1.807, 2.05) is 30.3 Å². The van der Waals surface area contributed by atoms with E-state index in [9.17, 15) is 0 Å². The Labute approximate surface area is 106 Å². The highest BCUT2D eigenvalue weighted by atomic mass is 35.5. The maximum atomic E-state index is 6.13. The standard InChI is InChI=1S/C14H11Cl2/c1-10(11-5-3-2-4-6-11)13-8-7-12(15)9-14(13)16/h2-8,10H,1H3. The molecule has 0 fully saturated rings. The molecule has 81 valence electrons. The zero-order chi connectivity index (χ0) is 11.5. The molecule has 2 aromatic carbocycles. The van der Waals surface area contributed by atoms with Crippen LogP contribution >= 0.6 is 23.2 Å². The van der Waals surface area contributed by atoms with Gasteiger partial charge in [-0.2, -0.15) is 0 Å². The van der Waals surface area contributed by atoms with Crippen LogP contribution in [-0.4, -0.2) is 0 Å². The van der Waals surface area contributed by atoms with Crippen LogP contribution < -0.4 is 0 Å². The van der Waals surface area contributed by atoms with Gasteiger partial charge in [-0.1, -0.05) is 66.5 Å². The molecular weight excluding hydrogens is 239 g/mol. The van der Waals surface area contributed by atoms with Crippen molar-refractivity contribution in [3.8, 4) is 0 Å². The smallest absolute Gasteiger partial charge is 0.0538 e. The second-order valence-corrected chi connectivity index (χ2v) is 4.49. The minimum atomic E-state index is 0.252. The van der Waals surface area contributed by atoms with Crippen molar-refractivity contribution in [1.82, 2.24) is 0 Å². The summed E-state index contributed by atoms with van der Waals surface area (Å²) in [7, 11) is 0. The first-order valence-electron chi connectivity index (χ1n) is 5.10. The maximum Gasteiger partial charge on any atom is 0.0538 e. The van der Waals surface area contributed by atoms with Crippen molar-refractivity contribution in [1.29, 1.82) is 0 Å². The van der Waals surface area contributed by atoms with Gasteiger partial charge in [0.15, 0.2) is 0 Å². The fourth-order valence-corrected chi connectivity index (χ4v) is 2.24. The zero-order valence-electron chi connectivity index (χ0n) is 8.87.